The predicted octanol–water partition coefficient (Wildman–Crippen LogP) is 3.69. The molecule has 0 amide bonds. The maximum Gasteiger partial charge on any atom is 0.145 e. The van der Waals surface area contributed by atoms with Gasteiger partial charge in [0.1, 0.15) is 11.5 Å². The Bertz CT molecular complexity index is 555. The Kier molecular flexibility index (Phi) is 5.72. The van der Waals surface area contributed by atoms with Gasteiger partial charge in [-0.15, -0.1) is 0 Å². The van der Waals surface area contributed by atoms with E-state index in [9.17, 15) is 0 Å². The largest absolute Gasteiger partial charge is 0.456 e. The lowest BCUT2D eigenvalue weighted by atomic mass is 10.2. The van der Waals surface area contributed by atoms with E-state index in [1.807, 2.05) is 36.4 Å². The number of pyridine rings is 1. The average molecular weight is 286 g/mol. The summed E-state index contributed by atoms with van der Waals surface area (Å²) in [5.74, 6) is 1.52. The molecule has 0 radical (unpaired) electrons. The van der Waals surface area contributed by atoms with Crippen molar-refractivity contribution >= 4 is 0 Å². The quantitative estimate of drug-likeness (QED) is 0.843. The summed E-state index contributed by atoms with van der Waals surface area (Å²) in [7, 11) is 1.68. The Morgan fingerprint density at radius 1 is 1.19 bits per heavy atom. The van der Waals surface area contributed by atoms with Crippen molar-refractivity contribution in [2.45, 2.75) is 26.5 Å². The molecular weight excluding hydrogens is 264 g/mol. The summed E-state index contributed by atoms with van der Waals surface area (Å²) in [6, 6.07) is 12.0. The molecule has 1 atom stereocenters. The van der Waals surface area contributed by atoms with E-state index in [0.717, 1.165) is 29.3 Å². The second-order valence-electron chi connectivity index (χ2n) is 4.88. The number of hydrogen-bond acceptors (Lipinski definition) is 4. The van der Waals surface area contributed by atoms with Gasteiger partial charge in [0.15, 0.2) is 0 Å². The molecule has 21 heavy (non-hydrogen) atoms. The summed E-state index contributed by atoms with van der Waals surface area (Å²) in [5, 5.41) is 3.34. The Hall–Kier alpha value is -1.91. The number of benzene rings is 1. The van der Waals surface area contributed by atoms with Crippen LogP contribution in [0.25, 0.3) is 0 Å². The van der Waals surface area contributed by atoms with E-state index >= 15 is 0 Å². The summed E-state index contributed by atoms with van der Waals surface area (Å²) in [5.41, 5.74) is 2.10. The Morgan fingerprint density at radius 3 is 2.71 bits per heavy atom. The van der Waals surface area contributed by atoms with Gasteiger partial charge in [0, 0.05) is 13.2 Å². The standard InChI is InChI=1S/C17H22N2O2/c1-4-18-13(2)17-9-8-16(11-19-17)21-15-7-5-6-14(10-15)12-20-3/h5-11,13,18H,4,12H2,1-3H3. The van der Waals surface area contributed by atoms with Crippen molar-refractivity contribution in [2.24, 2.45) is 0 Å². The highest BCUT2D eigenvalue weighted by atomic mass is 16.5. The van der Waals surface area contributed by atoms with Gasteiger partial charge in [0.2, 0.25) is 0 Å². The normalized spacial score (nSPS) is 12.1. The van der Waals surface area contributed by atoms with E-state index in [2.05, 4.69) is 24.1 Å². The third kappa shape index (κ3) is 4.55. The minimum absolute atomic E-state index is 0.245. The first-order valence-electron chi connectivity index (χ1n) is 7.18. The number of nitrogens with one attached hydrogen (secondary N) is 1. The molecule has 0 aliphatic rings. The zero-order valence-electron chi connectivity index (χ0n) is 12.8. The molecule has 0 spiro atoms. The maximum atomic E-state index is 5.82. The topological polar surface area (TPSA) is 43.4 Å². The molecular formula is C17H22N2O2. The average Bonchev–Trinajstić information content (AvgIpc) is 2.49. The molecule has 4 nitrogen and oxygen atoms in total. The minimum Gasteiger partial charge on any atom is -0.456 e. The van der Waals surface area contributed by atoms with Crippen LogP contribution in [-0.2, 0) is 11.3 Å². The summed E-state index contributed by atoms with van der Waals surface area (Å²) in [6.07, 6.45) is 1.76. The van der Waals surface area contributed by atoms with Crippen molar-refractivity contribution in [1.29, 1.82) is 0 Å². The fourth-order valence-electron chi connectivity index (χ4n) is 2.12. The van der Waals surface area contributed by atoms with Crippen LogP contribution in [0.1, 0.15) is 31.1 Å². The summed E-state index contributed by atoms with van der Waals surface area (Å²) in [6.45, 7) is 5.68. The molecule has 2 aromatic rings. The van der Waals surface area contributed by atoms with E-state index < -0.39 is 0 Å². The Balaban J connectivity index is 2.04. The van der Waals surface area contributed by atoms with Crippen LogP contribution in [0.5, 0.6) is 11.5 Å². The fraction of sp³-hybridized carbons (Fsp3) is 0.353. The SMILES string of the molecule is CCNC(C)c1ccc(Oc2cccc(COC)c2)cn1. The molecule has 0 bridgehead atoms. The lowest BCUT2D eigenvalue weighted by Gasteiger charge is -2.12. The number of ether oxygens (including phenoxy) is 2. The van der Waals surface area contributed by atoms with Gasteiger partial charge < -0.3 is 14.8 Å². The number of nitrogens with zero attached hydrogens (tertiary/aromatic N) is 1. The van der Waals surface area contributed by atoms with Gasteiger partial charge in [-0.3, -0.25) is 4.98 Å². The zero-order valence-corrected chi connectivity index (χ0v) is 12.8. The molecule has 2 rings (SSSR count). The third-order valence-electron chi connectivity index (χ3n) is 3.16. The highest BCUT2D eigenvalue weighted by Gasteiger charge is 2.06. The molecule has 112 valence electrons. The summed E-state index contributed by atoms with van der Waals surface area (Å²) < 4.78 is 10.9. The van der Waals surface area contributed by atoms with E-state index in [-0.39, 0.29) is 6.04 Å². The smallest absolute Gasteiger partial charge is 0.145 e. The first-order chi connectivity index (χ1) is 10.2. The van der Waals surface area contributed by atoms with Gasteiger partial charge in [-0.1, -0.05) is 19.1 Å². The number of hydrogen-bond donors (Lipinski definition) is 1. The number of methoxy groups -OCH3 is 1. The number of aromatic nitrogens is 1. The van der Waals surface area contributed by atoms with Crippen LogP contribution in [-0.4, -0.2) is 18.6 Å². The Labute approximate surface area is 126 Å². The zero-order chi connectivity index (χ0) is 15.1. The van der Waals surface area contributed by atoms with Gasteiger partial charge >= 0.3 is 0 Å². The molecule has 1 aromatic carbocycles. The van der Waals surface area contributed by atoms with Gasteiger partial charge in [-0.2, -0.15) is 0 Å². The van der Waals surface area contributed by atoms with Crippen LogP contribution in [0.3, 0.4) is 0 Å². The van der Waals surface area contributed by atoms with Gasteiger partial charge in [0.05, 0.1) is 18.5 Å². The third-order valence-corrected chi connectivity index (χ3v) is 3.16. The molecule has 0 saturated heterocycles. The van der Waals surface area contributed by atoms with E-state index in [0.29, 0.717) is 6.61 Å². The molecule has 0 saturated carbocycles. The van der Waals surface area contributed by atoms with Crippen molar-refractivity contribution in [2.75, 3.05) is 13.7 Å². The lowest BCUT2D eigenvalue weighted by molar-refractivity contribution is 0.184. The summed E-state index contributed by atoms with van der Waals surface area (Å²) >= 11 is 0. The van der Waals surface area contributed by atoms with Crippen LogP contribution >= 0.6 is 0 Å². The van der Waals surface area contributed by atoms with Gasteiger partial charge in [-0.05, 0) is 43.3 Å². The van der Waals surface area contributed by atoms with Crippen molar-refractivity contribution in [3.05, 3.63) is 53.9 Å². The maximum absolute atomic E-state index is 5.82. The van der Waals surface area contributed by atoms with E-state index in [1.54, 1.807) is 13.3 Å². The van der Waals surface area contributed by atoms with E-state index in [4.69, 9.17) is 9.47 Å². The minimum atomic E-state index is 0.245. The lowest BCUT2D eigenvalue weighted by Crippen LogP contribution is -2.18. The first kappa shape index (κ1) is 15.5. The van der Waals surface area contributed by atoms with Crippen LogP contribution in [0, 0.1) is 0 Å². The van der Waals surface area contributed by atoms with Crippen molar-refractivity contribution in [3.63, 3.8) is 0 Å². The van der Waals surface area contributed by atoms with Crippen molar-refractivity contribution in [3.8, 4) is 11.5 Å². The second-order valence-corrected chi connectivity index (χ2v) is 4.88. The fourth-order valence-corrected chi connectivity index (χ4v) is 2.12. The van der Waals surface area contributed by atoms with Crippen LogP contribution in [0.2, 0.25) is 0 Å². The van der Waals surface area contributed by atoms with Gasteiger partial charge in [0.25, 0.3) is 0 Å². The van der Waals surface area contributed by atoms with Crippen LogP contribution in [0.4, 0.5) is 0 Å². The van der Waals surface area contributed by atoms with Crippen molar-refractivity contribution in [1.82, 2.24) is 10.3 Å². The first-order valence-corrected chi connectivity index (χ1v) is 7.18. The predicted molar refractivity (Wildman–Crippen MR) is 83.6 cm³/mol. The van der Waals surface area contributed by atoms with Crippen LogP contribution < -0.4 is 10.1 Å². The highest BCUT2D eigenvalue weighted by Crippen LogP contribution is 2.23. The molecule has 1 unspecified atom stereocenters. The highest BCUT2D eigenvalue weighted by molar-refractivity contribution is 5.33. The van der Waals surface area contributed by atoms with Crippen LogP contribution in [0.15, 0.2) is 42.6 Å². The molecule has 0 fully saturated rings. The molecule has 1 N–H and O–H groups in total. The van der Waals surface area contributed by atoms with E-state index in [1.165, 1.54) is 0 Å². The Morgan fingerprint density at radius 2 is 2.05 bits per heavy atom. The van der Waals surface area contributed by atoms with Crippen molar-refractivity contribution < 1.29 is 9.47 Å². The monoisotopic (exact) mass is 286 g/mol. The number of rotatable bonds is 7. The molecule has 0 aliphatic carbocycles. The van der Waals surface area contributed by atoms with Gasteiger partial charge in [-0.25, -0.2) is 0 Å². The second kappa shape index (κ2) is 7.76. The molecule has 4 heteroatoms. The summed E-state index contributed by atoms with van der Waals surface area (Å²) in [4.78, 5) is 4.44. The molecule has 0 aliphatic heterocycles. The molecule has 1 aromatic heterocycles. The molecule has 1 heterocycles.